The zero-order valence-corrected chi connectivity index (χ0v) is 8.11. The van der Waals surface area contributed by atoms with E-state index in [4.69, 9.17) is 17.4 Å². The van der Waals surface area contributed by atoms with Crippen molar-refractivity contribution < 1.29 is 4.39 Å². The van der Waals surface area contributed by atoms with Gasteiger partial charge in [-0.15, -0.1) is 0 Å². The highest BCUT2D eigenvalue weighted by molar-refractivity contribution is 6.30. The van der Waals surface area contributed by atoms with Crippen LogP contribution in [0.25, 0.3) is 0 Å². The molecule has 1 unspecified atom stereocenters. The molecule has 0 spiro atoms. The first kappa shape index (κ1) is 10.4. The molecule has 13 heavy (non-hydrogen) atoms. The first-order chi connectivity index (χ1) is 6.20. The SMILES string of the molecule is CCC(NN)c1cccc(Cl)c1F. The Morgan fingerprint density at radius 2 is 2.31 bits per heavy atom. The van der Waals surface area contributed by atoms with Crippen molar-refractivity contribution in [2.24, 2.45) is 5.84 Å². The lowest BCUT2D eigenvalue weighted by Gasteiger charge is -2.14. The minimum atomic E-state index is -0.394. The molecule has 72 valence electrons. The van der Waals surface area contributed by atoms with Gasteiger partial charge in [0.1, 0.15) is 5.82 Å². The molecule has 0 aromatic heterocycles. The van der Waals surface area contributed by atoms with Crippen LogP contribution in [0.3, 0.4) is 0 Å². The third-order valence-electron chi connectivity index (χ3n) is 1.97. The normalized spacial score (nSPS) is 12.9. The Balaban J connectivity index is 3.05. The van der Waals surface area contributed by atoms with Crippen molar-refractivity contribution in [3.05, 3.63) is 34.6 Å². The Bertz CT molecular complexity index is 287. The maximum atomic E-state index is 13.4. The largest absolute Gasteiger partial charge is 0.271 e. The van der Waals surface area contributed by atoms with Crippen molar-refractivity contribution in [3.8, 4) is 0 Å². The molecule has 0 aliphatic carbocycles. The van der Waals surface area contributed by atoms with Gasteiger partial charge in [-0.25, -0.2) is 4.39 Å². The highest BCUT2D eigenvalue weighted by atomic mass is 35.5. The minimum absolute atomic E-state index is 0.131. The maximum Gasteiger partial charge on any atom is 0.146 e. The number of benzene rings is 1. The molecule has 0 fully saturated rings. The van der Waals surface area contributed by atoms with Crippen LogP contribution in [0.5, 0.6) is 0 Å². The Kier molecular flexibility index (Phi) is 3.66. The second-order valence-corrected chi connectivity index (χ2v) is 3.18. The van der Waals surface area contributed by atoms with Gasteiger partial charge in [-0.2, -0.15) is 0 Å². The smallest absolute Gasteiger partial charge is 0.146 e. The number of hydrogen-bond donors (Lipinski definition) is 2. The van der Waals surface area contributed by atoms with E-state index in [0.29, 0.717) is 12.0 Å². The van der Waals surface area contributed by atoms with E-state index in [1.165, 1.54) is 6.07 Å². The van der Waals surface area contributed by atoms with E-state index in [9.17, 15) is 4.39 Å². The second-order valence-electron chi connectivity index (χ2n) is 2.77. The summed E-state index contributed by atoms with van der Waals surface area (Å²) in [4.78, 5) is 0. The Labute approximate surface area is 81.9 Å². The Morgan fingerprint density at radius 3 is 2.85 bits per heavy atom. The van der Waals surface area contributed by atoms with E-state index >= 15 is 0 Å². The van der Waals surface area contributed by atoms with Crippen LogP contribution in [0.15, 0.2) is 18.2 Å². The molecule has 0 amide bonds. The van der Waals surface area contributed by atoms with Crippen LogP contribution in [0.2, 0.25) is 5.02 Å². The number of rotatable bonds is 3. The number of nitrogens with two attached hydrogens (primary N) is 1. The molecule has 3 N–H and O–H groups in total. The topological polar surface area (TPSA) is 38.0 Å². The molecule has 4 heteroatoms. The summed E-state index contributed by atoms with van der Waals surface area (Å²) in [6.45, 7) is 1.92. The van der Waals surface area contributed by atoms with Gasteiger partial charge in [-0.3, -0.25) is 11.3 Å². The molecule has 0 aliphatic heterocycles. The van der Waals surface area contributed by atoms with Gasteiger partial charge in [-0.05, 0) is 12.5 Å². The predicted molar refractivity (Wildman–Crippen MR) is 51.8 cm³/mol. The van der Waals surface area contributed by atoms with E-state index in [2.05, 4.69) is 5.43 Å². The number of hydrogen-bond acceptors (Lipinski definition) is 2. The quantitative estimate of drug-likeness (QED) is 0.584. The molecule has 0 radical (unpaired) electrons. The molecule has 0 aliphatic rings. The summed E-state index contributed by atoms with van der Waals surface area (Å²) in [5.74, 6) is 4.88. The highest BCUT2D eigenvalue weighted by Crippen LogP contribution is 2.24. The van der Waals surface area contributed by atoms with E-state index < -0.39 is 5.82 Å². The second kappa shape index (κ2) is 4.56. The molecule has 1 rings (SSSR count). The van der Waals surface area contributed by atoms with Crippen LogP contribution in [-0.2, 0) is 0 Å². The summed E-state index contributed by atoms with van der Waals surface area (Å²) >= 11 is 5.63. The van der Waals surface area contributed by atoms with E-state index in [-0.39, 0.29) is 11.1 Å². The first-order valence-electron chi connectivity index (χ1n) is 4.10. The molecule has 0 heterocycles. The van der Waals surface area contributed by atoms with E-state index in [1.54, 1.807) is 12.1 Å². The summed E-state index contributed by atoms with van der Waals surface area (Å²) in [6, 6.07) is 4.72. The van der Waals surface area contributed by atoms with Crippen molar-refractivity contribution in [1.29, 1.82) is 0 Å². The predicted octanol–water partition coefficient (Wildman–Crippen LogP) is 2.39. The Hall–Kier alpha value is -0.640. The van der Waals surface area contributed by atoms with Gasteiger partial charge in [0, 0.05) is 11.6 Å². The number of hydrazine groups is 1. The third-order valence-corrected chi connectivity index (χ3v) is 2.26. The lowest BCUT2D eigenvalue weighted by Crippen LogP contribution is -2.28. The summed E-state index contributed by atoms with van der Waals surface area (Å²) in [7, 11) is 0. The molecular weight excluding hydrogens is 191 g/mol. The standard InChI is InChI=1S/C9H12ClFN2/c1-2-8(13-12)6-4-3-5-7(10)9(6)11/h3-5,8,13H,2,12H2,1H3. The van der Waals surface area contributed by atoms with Crippen molar-refractivity contribution >= 4 is 11.6 Å². The fraction of sp³-hybridized carbons (Fsp3) is 0.333. The monoisotopic (exact) mass is 202 g/mol. The van der Waals surface area contributed by atoms with Crippen molar-refractivity contribution in [1.82, 2.24) is 5.43 Å². The van der Waals surface area contributed by atoms with Gasteiger partial charge in [0.05, 0.1) is 5.02 Å². The van der Waals surface area contributed by atoms with E-state index in [0.717, 1.165) is 0 Å². The Morgan fingerprint density at radius 1 is 1.62 bits per heavy atom. The lowest BCUT2D eigenvalue weighted by atomic mass is 10.0. The molecule has 0 saturated carbocycles. The zero-order chi connectivity index (χ0) is 9.84. The van der Waals surface area contributed by atoms with Crippen LogP contribution in [0.4, 0.5) is 4.39 Å². The molecule has 1 aromatic rings. The van der Waals surface area contributed by atoms with Gasteiger partial charge in [0.25, 0.3) is 0 Å². The van der Waals surface area contributed by atoms with Gasteiger partial charge in [0.15, 0.2) is 0 Å². The summed E-state index contributed by atoms with van der Waals surface area (Å²) < 4.78 is 13.4. The van der Waals surface area contributed by atoms with Crippen LogP contribution in [-0.4, -0.2) is 0 Å². The van der Waals surface area contributed by atoms with Gasteiger partial charge >= 0.3 is 0 Å². The van der Waals surface area contributed by atoms with Crippen LogP contribution in [0.1, 0.15) is 24.9 Å². The van der Waals surface area contributed by atoms with Gasteiger partial charge in [-0.1, -0.05) is 30.7 Å². The van der Waals surface area contributed by atoms with E-state index in [1.807, 2.05) is 6.92 Å². The van der Waals surface area contributed by atoms with Crippen molar-refractivity contribution in [2.75, 3.05) is 0 Å². The van der Waals surface area contributed by atoms with Crippen LogP contribution >= 0.6 is 11.6 Å². The summed E-state index contributed by atoms with van der Waals surface area (Å²) in [6.07, 6.45) is 0.716. The summed E-state index contributed by atoms with van der Waals surface area (Å²) in [5.41, 5.74) is 3.05. The average Bonchev–Trinajstić information content (AvgIpc) is 2.14. The van der Waals surface area contributed by atoms with Crippen LogP contribution in [0, 0.1) is 5.82 Å². The molecule has 0 bridgehead atoms. The van der Waals surface area contributed by atoms with Gasteiger partial charge in [0.2, 0.25) is 0 Å². The van der Waals surface area contributed by atoms with Crippen molar-refractivity contribution in [2.45, 2.75) is 19.4 Å². The average molecular weight is 203 g/mol. The summed E-state index contributed by atoms with van der Waals surface area (Å²) in [5, 5.41) is 0.131. The fourth-order valence-corrected chi connectivity index (χ4v) is 1.40. The lowest BCUT2D eigenvalue weighted by molar-refractivity contribution is 0.502. The maximum absolute atomic E-state index is 13.4. The van der Waals surface area contributed by atoms with Crippen molar-refractivity contribution in [3.63, 3.8) is 0 Å². The third kappa shape index (κ3) is 2.18. The number of halogens is 2. The molecular formula is C9H12ClFN2. The molecule has 2 nitrogen and oxygen atoms in total. The first-order valence-corrected chi connectivity index (χ1v) is 4.48. The van der Waals surface area contributed by atoms with Crippen LogP contribution < -0.4 is 11.3 Å². The zero-order valence-electron chi connectivity index (χ0n) is 7.35. The fourth-order valence-electron chi connectivity index (χ4n) is 1.22. The molecule has 0 saturated heterocycles. The minimum Gasteiger partial charge on any atom is -0.271 e. The number of nitrogens with one attached hydrogen (secondary N) is 1. The molecule has 1 atom stereocenters. The van der Waals surface area contributed by atoms with Gasteiger partial charge < -0.3 is 0 Å². The molecule has 1 aromatic carbocycles. The highest BCUT2D eigenvalue weighted by Gasteiger charge is 2.13.